The van der Waals surface area contributed by atoms with Gasteiger partial charge in [-0.3, -0.25) is 0 Å². The number of hydrogen-bond donors (Lipinski definition) is 3. The average Bonchev–Trinajstić information content (AvgIpc) is 2.20. The van der Waals surface area contributed by atoms with Crippen molar-refractivity contribution in [2.24, 2.45) is 5.73 Å². The molecule has 0 aromatic carbocycles. The zero-order valence-electron chi connectivity index (χ0n) is 8.03. The molecule has 0 saturated heterocycles. The summed E-state index contributed by atoms with van der Waals surface area (Å²) in [6, 6.07) is 0. The first kappa shape index (κ1) is 12.8. The highest BCUT2D eigenvalue weighted by Gasteiger charge is 2.27. The van der Waals surface area contributed by atoms with Crippen molar-refractivity contribution in [2.45, 2.75) is 19.1 Å². The Morgan fingerprint density at radius 2 is 1.62 bits per heavy atom. The van der Waals surface area contributed by atoms with Crippen LogP contribution in [0.5, 0.6) is 0 Å². The highest BCUT2D eigenvalue weighted by Crippen LogP contribution is 2.15. The summed E-state index contributed by atoms with van der Waals surface area (Å²) in [6.07, 6.45) is 0.587. The maximum absolute atomic E-state index is 8.58. The topological polar surface area (TPSA) is 84.9 Å². The second kappa shape index (κ2) is 7.23. The molecule has 0 amide bonds. The fraction of sp³-hybridized carbons (Fsp3) is 1.00. The van der Waals surface area contributed by atoms with Gasteiger partial charge in [-0.05, 0) is 6.42 Å². The van der Waals surface area contributed by atoms with Crippen molar-refractivity contribution in [1.82, 2.24) is 0 Å². The largest absolute Gasteiger partial charge is 0.394 e. The Morgan fingerprint density at radius 1 is 1.15 bits per heavy atom. The molecule has 0 unspecified atom stereocenters. The van der Waals surface area contributed by atoms with Gasteiger partial charge < -0.3 is 25.4 Å². The number of nitrogens with two attached hydrogens (primary N) is 1. The predicted molar refractivity (Wildman–Crippen MR) is 48.2 cm³/mol. The maximum atomic E-state index is 8.58. The first-order valence-corrected chi connectivity index (χ1v) is 4.44. The summed E-state index contributed by atoms with van der Waals surface area (Å²) in [7, 11) is 0. The molecule has 5 nitrogen and oxygen atoms in total. The summed E-state index contributed by atoms with van der Waals surface area (Å²) >= 11 is 0. The van der Waals surface area contributed by atoms with Gasteiger partial charge in [-0.25, -0.2) is 0 Å². The SMILES string of the molecule is CCC(CN)(OCCO)OCCO. The van der Waals surface area contributed by atoms with Crippen LogP contribution in [0.4, 0.5) is 0 Å². The Hall–Kier alpha value is -0.200. The molecule has 13 heavy (non-hydrogen) atoms. The van der Waals surface area contributed by atoms with E-state index >= 15 is 0 Å². The van der Waals surface area contributed by atoms with Crippen LogP contribution in [0.1, 0.15) is 13.3 Å². The quantitative estimate of drug-likeness (QED) is 0.434. The maximum Gasteiger partial charge on any atom is 0.180 e. The normalized spacial score (nSPS) is 12.0. The number of rotatable bonds is 8. The van der Waals surface area contributed by atoms with E-state index in [1.54, 1.807) is 0 Å². The van der Waals surface area contributed by atoms with E-state index in [-0.39, 0.29) is 33.0 Å². The van der Waals surface area contributed by atoms with Crippen LogP contribution in [0.3, 0.4) is 0 Å². The van der Waals surface area contributed by atoms with Crippen LogP contribution in [0.15, 0.2) is 0 Å². The van der Waals surface area contributed by atoms with Crippen molar-refractivity contribution in [1.29, 1.82) is 0 Å². The minimum atomic E-state index is -0.856. The first-order valence-electron chi connectivity index (χ1n) is 4.44. The zero-order chi connectivity index (χ0) is 10.2. The predicted octanol–water partition coefficient (Wildman–Crippen LogP) is -0.931. The van der Waals surface area contributed by atoms with Crippen LogP contribution in [-0.2, 0) is 9.47 Å². The second-order valence-electron chi connectivity index (χ2n) is 2.61. The molecule has 5 heteroatoms. The summed E-state index contributed by atoms with van der Waals surface area (Å²) in [6.45, 7) is 2.34. The van der Waals surface area contributed by atoms with E-state index in [9.17, 15) is 0 Å². The van der Waals surface area contributed by atoms with Gasteiger partial charge in [-0.2, -0.15) is 0 Å². The fourth-order valence-electron chi connectivity index (χ4n) is 0.971. The molecule has 0 saturated carbocycles. The summed E-state index contributed by atoms with van der Waals surface area (Å²) in [5.41, 5.74) is 5.49. The Labute approximate surface area is 78.4 Å². The first-order chi connectivity index (χ1) is 6.24. The van der Waals surface area contributed by atoms with E-state index in [0.29, 0.717) is 6.42 Å². The Kier molecular flexibility index (Phi) is 7.12. The monoisotopic (exact) mass is 193 g/mol. The molecule has 0 aromatic rings. The van der Waals surface area contributed by atoms with Gasteiger partial charge in [-0.15, -0.1) is 0 Å². The van der Waals surface area contributed by atoms with Crippen molar-refractivity contribution < 1.29 is 19.7 Å². The lowest BCUT2D eigenvalue weighted by Crippen LogP contribution is -2.44. The van der Waals surface area contributed by atoms with E-state index in [0.717, 1.165) is 0 Å². The summed E-state index contributed by atoms with van der Waals surface area (Å²) in [5.74, 6) is -0.856. The van der Waals surface area contributed by atoms with Gasteiger partial charge in [0.05, 0.1) is 26.4 Å². The molecule has 0 heterocycles. The molecule has 0 fully saturated rings. The van der Waals surface area contributed by atoms with Crippen molar-refractivity contribution in [3.05, 3.63) is 0 Å². The van der Waals surface area contributed by atoms with E-state index in [2.05, 4.69) is 0 Å². The third-order valence-corrected chi connectivity index (χ3v) is 1.76. The highest BCUT2D eigenvalue weighted by molar-refractivity contribution is 4.68. The minimum Gasteiger partial charge on any atom is -0.394 e. The second-order valence-corrected chi connectivity index (χ2v) is 2.61. The molecule has 80 valence electrons. The Balaban J connectivity index is 3.97. The van der Waals surface area contributed by atoms with Gasteiger partial charge in [0.2, 0.25) is 0 Å². The number of aliphatic hydroxyl groups is 2. The van der Waals surface area contributed by atoms with E-state index in [1.807, 2.05) is 6.92 Å². The Morgan fingerprint density at radius 3 is 1.85 bits per heavy atom. The van der Waals surface area contributed by atoms with Crippen LogP contribution < -0.4 is 5.73 Å². The van der Waals surface area contributed by atoms with Gasteiger partial charge in [0, 0.05) is 6.54 Å². The Bertz CT molecular complexity index is 107. The standard InChI is InChI=1S/C8H19NO4/c1-2-8(7-9,12-5-3-10)13-6-4-11/h10-11H,2-7,9H2,1H3. The number of aliphatic hydroxyl groups excluding tert-OH is 2. The molecule has 0 aliphatic rings. The molecule has 0 aliphatic heterocycles. The third-order valence-electron chi connectivity index (χ3n) is 1.76. The molecule has 0 aromatic heterocycles. The lowest BCUT2D eigenvalue weighted by molar-refractivity contribution is -0.238. The number of hydrogen-bond acceptors (Lipinski definition) is 5. The third kappa shape index (κ3) is 4.54. The average molecular weight is 193 g/mol. The van der Waals surface area contributed by atoms with Crippen molar-refractivity contribution in [3.8, 4) is 0 Å². The van der Waals surface area contributed by atoms with Crippen LogP contribution in [0.25, 0.3) is 0 Å². The van der Waals surface area contributed by atoms with Crippen molar-refractivity contribution in [2.75, 3.05) is 33.0 Å². The number of ether oxygens (including phenoxy) is 2. The van der Waals surface area contributed by atoms with Crippen LogP contribution >= 0.6 is 0 Å². The lowest BCUT2D eigenvalue weighted by atomic mass is 10.2. The zero-order valence-corrected chi connectivity index (χ0v) is 8.03. The summed E-state index contributed by atoms with van der Waals surface area (Å²) < 4.78 is 10.5. The van der Waals surface area contributed by atoms with Crippen molar-refractivity contribution in [3.63, 3.8) is 0 Å². The molecule has 0 aliphatic carbocycles. The van der Waals surface area contributed by atoms with Gasteiger partial charge in [0.1, 0.15) is 0 Å². The minimum absolute atomic E-state index is 0.0652. The molecule has 0 atom stereocenters. The smallest absolute Gasteiger partial charge is 0.180 e. The van der Waals surface area contributed by atoms with Crippen LogP contribution in [-0.4, -0.2) is 49.0 Å². The molecule has 0 rings (SSSR count). The van der Waals surface area contributed by atoms with Crippen LogP contribution in [0, 0.1) is 0 Å². The van der Waals surface area contributed by atoms with Gasteiger partial charge in [0.15, 0.2) is 5.79 Å². The van der Waals surface area contributed by atoms with Crippen LogP contribution in [0.2, 0.25) is 0 Å². The molecular formula is C8H19NO4. The van der Waals surface area contributed by atoms with E-state index in [4.69, 9.17) is 25.4 Å². The summed E-state index contributed by atoms with van der Waals surface area (Å²) in [5, 5.41) is 17.2. The molecule has 0 radical (unpaired) electrons. The van der Waals surface area contributed by atoms with E-state index in [1.165, 1.54) is 0 Å². The summed E-state index contributed by atoms with van der Waals surface area (Å²) in [4.78, 5) is 0. The molecular weight excluding hydrogens is 174 g/mol. The molecule has 0 spiro atoms. The van der Waals surface area contributed by atoms with Crippen molar-refractivity contribution >= 4 is 0 Å². The lowest BCUT2D eigenvalue weighted by Gasteiger charge is -2.31. The molecule has 4 N–H and O–H groups in total. The van der Waals surface area contributed by atoms with Gasteiger partial charge >= 0.3 is 0 Å². The van der Waals surface area contributed by atoms with Gasteiger partial charge in [-0.1, -0.05) is 6.92 Å². The van der Waals surface area contributed by atoms with E-state index < -0.39 is 5.79 Å². The van der Waals surface area contributed by atoms with Gasteiger partial charge in [0.25, 0.3) is 0 Å². The fourth-order valence-corrected chi connectivity index (χ4v) is 0.971. The molecule has 0 bridgehead atoms. The highest BCUT2D eigenvalue weighted by atomic mass is 16.7.